The van der Waals surface area contributed by atoms with E-state index in [4.69, 9.17) is 19.3 Å². The summed E-state index contributed by atoms with van der Waals surface area (Å²) in [5, 5.41) is 26.0. The molecule has 0 amide bonds. The quantitative estimate of drug-likeness (QED) is 0.195. The third-order valence-corrected chi connectivity index (χ3v) is 6.02. The molecule has 13 nitrogen and oxygen atoms in total. The number of aliphatic hydroxyl groups is 2. The summed E-state index contributed by atoms with van der Waals surface area (Å²) in [6.07, 6.45) is -4.04. The number of aryl methyl sites for hydroxylation is 1. The first-order valence-electron chi connectivity index (χ1n) is 9.94. The third kappa shape index (κ3) is 4.31. The molecule has 0 aliphatic carbocycles. The van der Waals surface area contributed by atoms with Crippen LogP contribution < -0.4 is 15.8 Å². The highest BCUT2D eigenvalue weighted by Gasteiger charge is 2.57. The van der Waals surface area contributed by atoms with Gasteiger partial charge in [0.2, 0.25) is 5.72 Å². The van der Waals surface area contributed by atoms with Gasteiger partial charge in [-0.1, -0.05) is 41.5 Å². The molecule has 1 aliphatic rings. The Morgan fingerprint density at radius 3 is 2.76 bits per heavy atom. The lowest BCUT2D eigenvalue weighted by Gasteiger charge is -2.23. The minimum Gasteiger partial charge on any atom is -0.387 e. The molecular formula is C20H19N5O8P+. The molecule has 1 fully saturated rings. The second-order valence-electron chi connectivity index (χ2n) is 7.52. The van der Waals surface area contributed by atoms with Gasteiger partial charge in [-0.15, -0.1) is 4.52 Å². The van der Waals surface area contributed by atoms with E-state index in [0.29, 0.717) is 5.39 Å². The summed E-state index contributed by atoms with van der Waals surface area (Å²) >= 11 is 0. The Balaban J connectivity index is 1.56. The number of aliphatic hydroxyl groups excluding tert-OH is 2. The van der Waals surface area contributed by atoms with Gasteiger partial charge in [0.05, 0.1) is 0 Å². The zero-order chi connectivity index (χ0) is 24.5. The Hall–Kier alpha value is -3.57. The van der Waals surface area contributed by atoms with E-state index < -0.39 is 50.3 Å². The monoisotopic (exact) mass is 488 g/mol. The van der Waals surface area contributed by atoms with Crippen LogP contribution in [0.3, 0.4) is 0 Å². The number of aromatic nitrogens is 2. The Kier molecular flexibility index (Phi) is 6.49. The summed E-state index contributed by atoms with van der Waals surface area (Å²) < 4.78 is 29.5. The van der Waals surface area contributed by atoms with Gasteiger partial charge in [-0.05, 0) is 23.9 Å². The molecule has 1 aromatic heterocycles. The second kappa shape index (κ2) is 9.35. The van der Waals surface area contributed by atoms with Crippen molar-refractivity contribution in [3.63, 3.8) is 0 Å². The van der Waals surface area contributed by atoms with Crippen LogP contribution in [0, 0.1) is 6.92 Å². The summed E-state index contributed by atoms with van der Waals surface area (Å²) in [4.78, 5) is 28.5. The number of hydrogen-bond donors (Lipinski definition) is 3. The summed E-state index contributed by atoms with van der Waals surface area (Å²) in [7, 11) is -2.83. The van der Waals surface area contributed by atoms with Gasteiger partial charge in [0.1, 0.15) is 18.8 Å². The maximum Gasteiger partial charge on any atom is 0.750 e. The SMILES string of the molecule is Cc1cn([C@@H]2O[C@@](CO[P+](=O)Oc3cccc4ccccc34)(N=[N+]=[N-])[C@@H](O)[C@H]2O)c(=O)[nH]c1=O. The lowest BCUT2D eigenvalue weighted by atomic mass is 10.1. The third-order valence-electron chi connectivity index (χ3n) is 5.34. The van der Waals surface area contributed by atoms with Crippen LogP contribution in [-0.4, -0.2) is 44.3 Å². The lowest BCUT2D eigenvalue weighted by molar-refractivity contribution is -0.120. The van der Waals surface area contributed by atoms with Crippen LogP contribution in [-0.2, 0) is 13.8 Å². The zero-order valence-corrected chi connectivity index (χ0v) is 18.5. The van der Waals surface area contributed by atoms with Gasteiger partial charge in [0.25, 0.3) is 5.56 Å². The molecule has 0 spiro atoms. The topological polar surface area (TPSA) is 189 Å². The Morgan fingerprint density at radius 2 is 2.00 bits per heavy atom. The predicted octanol–water partition coefficient (Wildman–Crippen LogP) is 2.01. The van der Waals surface area contributed by atoms with Gasteiger partial charge in [-0.2, -0.15) is 0 Å². The number of nitrogens with zero attached hydrogens (tertiary/aromatic N) is 4. The number of nitrogens with one attached hydrogen (secondary N) is 1. The fraction of sp³-hybridized carbons (Fsp3) is 0.300. The van der Waals surface area contributed by atoms with Crippen LogP contribution in [0.4, 0.5) is 0 Å². The zero-order valence-electron chi connectivity index (χ0n) is 17.6. The van der Waals surface area contributed by atoms with Gasteiger partial charge < -0.3 is 14.9 Å². The lowest BCUT2D eigenvalue weighted by Crippen LogP contribution is -2.44. The molecule has 1 saturated heterocycles. The fourth-order valence-corrected chi connectivity index (χ4v) is 4.26. The maximum atomic E-state index is 12.5. The Bertz CT molecular complexity index is 1410. The fourth-order valence-electron chi connectivity index (χ4n) is 3.60. The molecule has 2 heterocycles. The van der Waals surface area contributed by atoms with Gasteiger partial charge in [-0.3, -0.25) is 14.3 Å². The van der Waals surface area contributed by atoms with Gasteiger partial charge in [0, 0.05) is 26.6 Å². The highest BCUT2D eigenvalue weighted by Crippen LogP contribution is 2.41. The van der Waals surface area contributed by atoms with E-state index in [1.165, 1.54) is 6.92 Å². The van der Waals surface area contributed by atoms with Crippen LogP contribution in [0.1, 0.15) is 11.8 Å². The molecule has 1 unspecified atom stereocenters. The van der Waals surface area contributed by atoms with Gasteiger partial charge in [-0.25, -0.2) is 9.32 Å². The molecule has 3 aromatic rings. The normalized spacial score (nSPS) is 24.6. The van der Waals surface area contributed by atoms with Crippen LogP contribution >= 0.6 is 8.25 Å². The number of benzene rings is 2. The smallest absolute Gasteiger partial charge is 0.387 e. The highest BCUT2D eigenvalue weighted by atomic mass is 31.1. The summed E-state index contributed by atoms with van der Waals surface area (Å²) in [5.41, 5.74) is 5.35. The molecule has 4 rings (SSSR count). The molecular weight excluding hydrogens is 469 g/mol. The number of ether oxygens (including phenoxy) is 1. The minimum absolute atomic E-state index is 0.133. The van der Waals surface area contributed by atoms with E-state index in [9.17, 15) is 24.4 Å². The number of H-pyrrole nitrogens is 1. The number of hydrogen-bond acceptors (Lipinski definition) is 9. The summed E-state index contributed by atoms with van der Waals surface area (Å²) in [6, 6.07) is 12.4. The standard InChI is InChI=1S/C20H18N5O8P/c1-11-9-25(19(29)22-17(11)28)18-15(26)16(27)20(32-18,23-24-21)10-31-34(30)33-14-8-4-6-12-5-2-3-7-13(12)14/h2-9,15-16,18,26-27H,10H2,1H3/p+1/t15-,16+,18-,20-/m1/s1. The first kappa shape index (κ1) is 23.6. The van der Waals surface area contributed by atoms with E-state index in [-0.39, 0.29) is 11.3 Å². The van der Waals surface area contributed by atoms with Crippen LogP contribution in [0.2, 0.25) is 0 Å². The first-order chi connectivity index (χ1) is 16.3. The van der Waals surface area contributed by atoms with Crippen molar-refractivity contribution in [1.82, 2.24) is 9.55 Å². The van der Waals surface area contributed by atoms with Crippen molar-refractivity contribution < 1.29 is 28.6 Å². The first-order valence-corrected chi connectivity index (χ1v) is 11.0. The van der Waals surface area contributed by atoms with Crippen molar-refractivity contribution in [3.8, 4) is 5.75 Å². The number of rotatable bonds is 7. The van der Waals surface area contributed by atoms with E-state index in [2.05, 4.69) is 10.0 Å². The molecule has 0 radical (unpaired) electrons. The average molecular weight is 488 g/mol. The van der Waals surface area contributed by atoms with E-state index in [0.717, 1.165) is 16.2 Å². The molecule has 0 saturated carbocycles. The van der Waals surface area contributed by atoms with Gasteiger partial charge in [0.15, 0.2) is 12.0 Å². The summed E-state index contributed by atoms with van der Waals surface area (Å²) in [5.74, 6) is 0.276. The van der Waals surface area contributed by atoms with Crippen molar-refractivity contribution in [2.24, 2.45) is 5.11 Å². The van der Waals surface area contributed by atoms with Crippen molar-refractivity contribution in [3.05, 3.63) is 85.5 Å². The molecule has 1 aliphatic heterocycles. The highest BCUT2D eigenvalue weighted by molar-refractivity contribution is 7.33. The number of azide groups is 1. The Labute approximate surface area is 191 Å². The maximum absolute atomic E-state index is 12.5. The molecule has 2 aromatic carbocycles. The minimum atomic E-state index is -2.83. The molecule has 3 N–H and O–H groups in total. The molecule has 5 atom stereocenters. The molecule has 34 heavy (non-hydrogen) atoms. The van der Waals surface area contributed by atoms with Crippen molar-refractivity contribution >= 4 is 19.0 Å². The number of aromatic amines is 1. The number of fused-ring (bicyclic) bond motifs is 1. The Morgan fingerprint density at radius 1 is 1.26 bits per heavy atom. The predicted molar refractivity (Wildman–Crippen MR) is 118 cm³/mol. The van der Waals surface area contributed by atoms with E-state index in [1.54, 1.807) is 24.3 Å². The van der Waals surface area contributed by atoms with E-state index >= 15 is 0 Å². The van der Waals surface area contributed by atoms with Crippen LogP contribution in [0.15, 0.2) is 63.4 Å². The molecule has 0 bridgehead atoms. The summed E-state index contributed by atoms with van der Waals surface area (Å²) in [6.45, 7) is 0.647. The molecule has 14 heteroatoms. The largest absolute Gasteiger partial charge is 0.750 e. The van der Waals surface area contributed by atoms with Crippen LogP contribution in [0.25, 0.3) is 21.2 Å². The van der Waals surface area contributed by atoms with Gasteiger partial charge >= 0.3 is 13.9 Å². The van der Waals surface area contributed by atoms with Crippen LogP contribution in [0.5, 0.6) is 5.75 Å². The van der Waals surface area contributed by atoms with Crippen molar-refractivity contribution in [2.75, 3.05) is 6.61 Å². The van der Waals surface area contributed by atoms with Crippen molar-refractivity contribution in [1.29, 1.82) is 0 Å². The molecule has 176 valence electrons. The second-order valence-corrected chi connectivity index (χ2v) is 8.41. The van der Waals surface area contributed by atoms with Crippen molar-refractivity contribution in [2.45, 2.75) is 31.1 Å². The van der Waals surface area contributed by atoms with E-state index in [1.807, 2.05) is 23.2 Å². The average Bonchev–Trinajstić information content (AvgIpc) is 3.06.